The highest BCUT2D eigenvalue weighted by Crippen LogP contribution is 2.60. The number of hydrogen-bond donors (Lipinski definition) is 10. The largest absolute Gasteiger partial charge is 0.481 e. The van der Waals surface area contributed by atoms with E-state index in [4.69, 9.17) is 21.9 Å². The Morgan fingerprint density at radius 1 is 0.697 bits per heavy atom. The summed E-state index contributed by atoms with van der Waals surface area (Å²) in [6.45, 7) is 11.9. The highest BCUT2D eigenvalue weighted by atomic mass is 16.5. The molecule has 9 atom stereocenters. The van der Waals surface area contributed by atoms with E-state index in [1.165, 1.54) is 11.1 Å². The summed E-state index contributed by atoms with van der Waals surface area (Å²) in [5.41, 5.74) is 21.6. The number of amides is 8. The number of carbonyl (C=O) groups is 8. The second-order valence-electron chi connectivity index (χ2n) is 22.9. The fraction of sp³-hybridized carbons (Fsp3) is 0.544. The molecule has 13 N–H and O–H groups in total. The van der Waals surface area contributed by atoms with Crippen LogP contribution in [0.1, 0.15) is 140 Å². The van der Waals surface area contributed by atoms with Gasteiger partial charge in [-0.1, -0.05) is 78.6 Å². The molecule has 410 valence electrons. The first-order valence-electron chi connectivity index (χ1n) is 26.7. The Bertz CT molecular complexity index is 2730. The van der Waals surface area contributed by atoms with Crippen LogP contribution in [-0.4, -0.2) is 77.4 Å². The molecular formula is C57H77N9O10. The SMILES string of the molecule is CC(C)[C@H](N)C(=O)N[C@@H](CCCNC(N)=O)C(=O)Nc1ccc(COC(=O)N[C@@H](CC(=O)O)C(=O)Nc2ccc3c(c2)[C@@]2(C)CCCC(C)(C(=O)NC(=O)[C@@]4(C)CCCC5(C)c6cc(N)ccc6CCC54)C2CC3)cc1. The molecule has 76 heavy (non-hydrogen) atoms. The second-order valence-corrected chi connectivity index (χ2v) is 22.9. The van der Waals surface area contributed by atoms with Crippen molar-refractivity contribution < 1.29 is 48.2 Å². The second kappa shape index (κ2) is 23.1. The van der Waals surface area contributed by atoms with Crippen LogP contribution < -0.4 is 49.1 Å². The quantitative estimate of drug-likeness (QED) is 0.0387. The standard InChI is InChI=1S/C57H77N9O10/c1-32(2)46(59)49(71)64-41(10-7-27-61-52(60)74)47(69)62-37-18-11-33(12-19-37)31-76-53(75)65-42(30-45(67)68)48(70)63-38-20-14-35-16-22-44-55(4,40(35)29-38)24-9-26-57(44,6)51(73)66-50(72)56(5)25-8-23-54(3)39-28-36(58)17-13-34(39)15-21-43(54)56/h11-14,17-20,28-29,32,41-44,46H,7-10,15-16,21-27,30-31,58-59H2,1-6H3,(H,62,69)(H,63,70)(H,64,71)(H,65,75)(H,67,68)(H3,60,61,74)(H,66,72,73)/t41-,42-,43?,44?,46-,54?,55+,56-,57?/m0/s1. The predicted molar refractivity (Wildman–Crippen MR) is 287 cm³/mol. The van der Waals surface area contributed by atoms with Gasteiger partial charge >= 0.3 is 18.1 Å². The number of benzene rings is 3. The molecule has 4 unspecified atom stereocenters. The number of carboxylic acids is 1. The average Bonchev–Trinajstić information content (AvgIpc) is 3.47. The smallest absolute Gasteiger partial charge is 0.408 e. The zero-order chi connectivity index (χ0) is 55.3. The van der Waals surface area contributed by atoms with Gasteiger partial charge < -0.3 is 53.6 Å². The van der Waals surface area contributed by atoms with Gasteiger partial charge in [0, 0.05) is 23.6 Å². The van der Waals surface area contributed by atoms with Crippen LogP contribution in [0.25, 0.3) is 0 Å². The first-order chi connectivity index (χ1) is 35.9. The van der Waals surface area contributed by atoms with Gasteiger partial charge in [0.1, 0.15) is 18.7 Å². The fourth-order valence-electron chi connectivity index (χ4n) is 13.2. The van der Waals surface area contributed by atoms with Gasteiger partial charge in [-0.05, 0) is 157 Å². The first kappa shape index (κ1) is 56.7. The van der Waals surface area contributed by atoms with E-state index in [0.29, 0.717) is 48.3 Å². The Hall–Kier alpha value is -7.02. The van der Waals surface area contributed by atoms with Crippen LogP contribution in [0.5, 0.6) is 0 Å². The topological polar surface area (TPSA) is 316 Å². The summed E-state index contributed by atoms with van der Waals surface area (Å²) in [5, 5.41) is 25.8. The van der Waals surface area contributed by atoms with Gasteiger partial charge in [0.2, 0.25) is 29.5 Å². The molecule has 8 amide bonds. The van der Waals surface area contributed by atoms with Crippen LogP contribution in [-0.2, 0) is 63.8 Å². The number of ether oxygens (including phenoxy) is 1. The maximum Gasteiger partial charge on any atom is 0.408 e. The third kappa shape index (κ3) is 12.1. The number of rotatable bonds is 18. The number of aryl methyl sites for hydroxylation is 2. The van der Waals surface area contributed by atoms with E-state index in [1.54, 1.807) is 44.2 Å². The minimum Gasteiger partial charge on any atom is -0.481 e. The van der Waals surface area contributed by atoms with Crippen molar-refractivity contribution in [2.75, 3.05) is 22.9 Å². The summed E-state index contributed by atoms with van der Waals surface area (Å²) < 4.78 is 5.38. The molecule has 3 aromatic carbocycles. The number of nitrogens with one attached hydrogen (secondary N) is 6. The number of imide groups is 1. The Labute approximate surface area is 444 Å². The lowest BCUT2D eigenvalue weighted by Gasteiger charge is -2.56. The van der Waals surface area contributed by atoms with Crippen LogP contribution in [0.3, 0.4) is 0 Å². The number of carboxylic acid groups (broad SMARTS) is 1. The number of fused-ring (bicyclic) bond motifs is 6. The van der Waals surface area contributed by atoms with Gasteiger partial charge in [0.25, 0.3) is 0 Å². The monoisotopic (exact) mass is 1050 g/mol. The van der Waals surface area contributed by atoms with Crippen molar-refractivity contribution >= 4 is 64.7 Å². The number of nitrogen functional groups attached to an aromatic ring is 1. The molecule has 7 rings (SSSR count). The summed E-state index contributed by atoms with van der Waals surface area (Å²) in [6.07, 6.45) is 6.47. The molecule has 0 bridgehead atoms. The fourth-order valence-corrected chi connectivity index (χ4v) is 13.2. The summed E-state index contributed by atoms with van der Waals surface area (Å²) in [4.78, 5) is 105. The van der Waals surface area contributed by atoms with E-state index in [9.17, 15) is 43.5 Å². The molecule has 0 aliphatic heterocycles. The van der Waals surface area contributed by atoms with Gasteiger partial charge in [0.15, 0.2) is 0 Å². The van der Waals surface area contributed by atoms with Crippen LogP contribution in [0.2, 0.25) is 0 Å². The van der Waals surface area contributed by atoms with Crippen LogP contribution >= 0.6 is 0 Å². The minimum absolute atomic E-state index is 0.0384. The highest BCUT2D eigenvalue weighted by Gasteiger charge is 2.58. The first-order valence-corrected chi connectivity index (χ1v) is 26.7. The zero-order valence-electron chi connectivity index (χ0n) is 44.7. The molecule has 19 heteroatoms. The van der Waals surface area contributed by atoms with E-state index < -0.39 is 76.6 Å². The van der Waals surface area contributed by atoms with E-state index in [2.05, 4.69) is 57.9 Å². The summed E-state index contributed by atoms with van der Waals surface area (Å²) in [7, 11) is 0. The lowest BCUT2D eigenvalue weighted by molar-refractivity contribution is -0.150. The Morgan fingerprint density at radius 2 is 1.24 bits per heavy atom. The Morgan fingerprint density at radius 3 is 1.80 bits per heavy atom. The number of alkyl carbamates (subject to hydrolysis) is 1. The summed E-state index contributed by atoms with van der Waals surface area (Å²) in [6, 6.07) is 14.0. The molecule has 0 radical (unpaired) electrons. The van der Waals surface area contributed by atoms with Crippen LogP contribution in [0.4, 0.5) is 26.7 Å². The van der Waals surface area contributed by atoms with Crippen molar-refractivity contribution in [1.29, 1.82) is 0 Å². The van der Waals surface area contributed by atoms with E-state index in [0.717, 1.165) is 56.1 Å². The molecule has 3 aromatic rings. The third-order valence-electron chi connectivity index (χ3n) is 17.5. The van der Waals surface area contributed by atoms with Crippen LogP contribution in [0.15, 0.2) is 60.7 Å². The number of hydrogen-bond acceptors (Lipinski definition) is 11. The lowest BCUT2D eigenvalue weighted by atomic mass is 9.49. The summed E-state index contributed by atoms with van der Waals surface area (Å²) >= 11 is 0. The molecular weight excluding hydrogens is 971 g/mol. The molecule has 0 heterocycles. The average molecular weight is 1050 g/mol. The van der Waals surface area contributed by atoms with Gasteiger partial charge in [-0.3, -0.25) is 34.1 Å². The third-order valence-corrected chi connectivity index (χ3v) is 17.5. The molecule has 0 aromatic heterocycles. The maximum atomic E-state index is 14.7. The van der Waals surface area contributed by atoms with Gasteiger partial charge in [-0.25, -0.2) is 9.59 Å². The molecule has 4 aliphatic carbocycles. The molecule has 0 saturated heterocycles. The van der Waals surface area contributed by atoms with E-state index in [-0.39, 0.29) is 54.6 Å². The Kier molecular flexibility index (Phi) is 17.2. The highest BCUT2D eigenvalue weighted by molar-refractivity contribution is 6.01. The van der Waals surface area contributed by atoms with Gasteiger partial charge in [-0.15, -0.1) is 0 Å². The van der Waals surface area contributed by atoms with Crippen molar-refractivity contribution in [3.05, 3.63) is 88.5 Å². The Balaban J connectivity index is 0.965. The zero-order valence-corrected chi connectivity index (χ0v) is 44.7. The van der Waals surface area contributed by atoms with Crippen molar-refractivity contribution in [2.24, 2.45) is 40.1 Å². The molecule has 2 saturated carbocycles. The number of urea groups is 1. The van der Waals surface area contributed by atoms with E-state index >= 15 is 0 Å². The number of carbonyl (C=O) groups excluding carboxylic acids is 7. The number of aliphatic carboxylic acids is 1. The molecule has 4 aliphatic rings. The van der Waals surface area contributed by atoms with Crippen molar-refractivity contribution in [3.8, 4) is 0 Å². The van der Waals surface area contributed by atoms with Crippen molar-refractivity contribution in [1.82, 2.24) is 21.3 Å². The van der Waals surface area contributed by atoms with Gasteiger partial charge in [0.05, 0.1) is 23.3 Å². The normalized spacial score (nSPS) is 25.5. The summed E-state index contributed by atoms with van der Waals surface area (Å²) in [5.74, 6) is -3.87. The number of nitrogens with two attached hydrogens (primary N) is 3. The van der Waals surface area contributed by atoms with Crippen molar-refractivity contribution in [3.63, 3.8) is 0 Å². The van der Waals surface area contributed by atoms with E-state index in [1.807, 2.05) is 32.0 Å². The van der Waals surface area contributed by atoms with Crippen molar-refractivity contribution in [2.45, 2.75) is 161 Å². The number of anilines is 3. The van der Waals surface area contributed by atoms with Gasteiger partial charge in [-0.2, -0.15) is 0 Å². The molecule has 0 spiro atoms. The number of primary amides is 1. The maximum absolute atomic E-state index is 14.7. The predicted octanol–water partition coefficient (Wildman–Crippen LogP) is 6.20. The molecule has 19 nitrogen and oxygen atoms in total. The van der Waals surface area contributed by atoms with Crippen LogP contribution in [0, 0.1) is 28.6 Å². The minimum atomic E-state index is -1.51. The lowest BCUT2D eigenvalue weighted by Crippen LogP contribution is -2.60. The molecule has 2 fully saturated rings.